The number of piperidine rings is 1. The van der Waals surface area contributed by atoms with Crippen molar-refractivity contribution in [1.29, 1.82) is 0 Å². The standard InChI is InChI=1S/C7H15N3O4S/c1-14-7(11)10-15(12,13)9-6-3-2-4-8-5-6/h6,8-9H,2-5H2,1H3,(H,10,11)/t6-/m1/s1. The maximum Gasteiger partial charge on any atom is 0.421 e. The van der Waals surface area contributed by atoms with Crippen molar-refractivity contribution in [2.75, 3.05) is 20.2 Å². The summed E-state index contributed by atoms with van der Waals surface area (Å²) in [5.74, 6) is 0. The van der Waals surface area contributed by atoms with Crippen LogP contribution in [0.2, 0.25) is 0 Å². The Bertz CT molecular complexity index is 310. The van der Waals surface area contributed by atoms with Crippen molar-refractivity contribution in [2.24, 2.45) is 0 Å². The van der Waals surface area contributed by atoms with Gasteiger partial charge in [0.2, 0.25) is 0 Å². The smallest absolute Gasteiger partial charge is 0.421 e. The second-order valence-electron chi connectivity index (χ2n) is 3.26. The van der Waals surface area contributed by atoms with Gasteiger partial charge in [0.25, 0.3) is 0 Å². The Morgan fingerprint density at radius 1 is 1.53 bits per heavy atom. The maximum absolute atomic E-state index is 11.3. The third-order valence-electron chi connectivity index (χ3n) is 2.02. The summed E-state index contributed by atoms with van der Waals surface area (Å²) >= 11 is 0. The number of amides is 1. The molecule has 88 valence electrons. The Kier molecular flexibility index (Phi) is 4.30. The molecule has 0 aromatic heterocycles. The fourth-order valence-corrected chi connectivity index (χ4v) is 2.35. The van der Waals surface area contributed by atoms with Gasteiger partial charge in [0.05, 0.1) is 7.11 Å². The summed E-state index contributed by atoms with van der Waals surface area (Å²) < 4.78 is 30.9. The molecule has 0 unspecified atom stereocenters. The molecule has 0 radical (unpaired) electrons. The van der Waals surface area contributed by atoms with Crippen molar-refractivity contribution in [3.8, 4) is 0 Å². The lowest BCUT2D eigenvalue weighted by atomic mass is 10.1. The summed E-state index contributed by atoms with van der Waals surface area (Å²) in [5, 5.41) is 3.05. The number of carbonyl (C=O) groups is 1. The van der Waals surface area contributed by atoms with Crippen LogP contribution in [0.15, 0.2) is 0 Å². The number of hydrogen-bond acceptors (Lipinski definition) is 5. The van der Waals surface area contributed by atoms with Crippen LogP contribution in [0.25, 0.3) is 0 Å². The second-order valence-corrected chi connectivity index (χ2v) is 4.70. The fraction of sp³-hybridized carbons (Fsp3) is 0.857. The van der Waals surface area contributed by atoms with E-state index >= 15 is 0 Å². The Balaban J connectivity index is 2.44. The van der Waals surface area contributed by atoms with E-state index in [1.165, 1.54) is 0 Å². The van der Waals surface area contributed by atoms with Crippen LogP contribution in [-0.4, -0.2) is 40.8 Å². The van der Waals surface area contributed by atoms with Gasteiger partial charge in [-0.15, -0.1) is 0 Å². The van der Waals surface area contributed by atoms with Gasteiger partial charge in [-0.3, -0.25) is 0 Å². The fourth-order valence-electron chi connectivity index (χ4n) is 1.35. The molecule has 1 heterocycles. The van der Waals surface area contributed by atoms with Crippen LogP contribution in [0, 0.1) is 0 Å². The van der Waals surface area contributed by atoms with Crippen molar-refractivity contribution in [3.05, 3.63) is 0 Å². The summed E-state index contributed by atoms with van der Waals surface area (Å²) in [7, 11) is -2.70. The third-order valence-corrected chi connectivity index (χ3v) is 3.10. The van der Waals surface area contributed by atoms with E-state index in [0.29, 0.717) is 6.54 Å². The summed E-state index contributed by atoms with van der Waals surface area (Å²) in [5.41, 5.74) is 0. The Morgan fingerprint density at radius 3 is 2.80 bits per heavy atom. The third kappa shape index (κ3) is 4.45. The lowest BCUT2D eigenvalue weighted by Gasteiger charge is -2.23. The Labute approximate surface area is 88.7 Å². The van der Waals surface area contributed by atoms with E-state index in [-0.39, 0.29) is 6.04 Å². The first-order valence-electron chi connectivity index (χ1n) is 4.62. The molecule has 15 heavy (non-hydrogen) atoms. The van der Waals surface area contributed by atoms with E-state index in [1.807, 2.05) is 0 Å². The van der Waals surface area contributed by atoms with Crippen LogP contribution in [0.1, 0.15) is 12.8 Å². The van der Waals surface area contributed by atoms with Crippen molar-refractivity contribution >= 4 is 16.3 Å². The van der Waals surface area contributed by atoms with Gasteiger partial charge in [-0.1, -0.05) is 0 Å². The topological polar surface area (TPSA) is 96.5 Å². The molecule has 1 aliphatic rings. The largest absolute Gasteiger partial charge is 0.452 e. The molecule has 1 amide bonds. The zero-order valence-electron chi connectivity index (χ0n) is 8.45. The molecule has 0 bridgehead atoms. The molecule has 3 N–H and O–H groups in total. The van der Waals surface area contributed by atoms with Gasteiger partial charge in [0.15, 0.2) is 0 Å². The van der Waals surface area contributed by atoms with Crippen LogP contribution in [-0.2, 0) is 14.9 Å². The molecule has 1 aliphatic heterocycles. The van der Waals surface area contributed by atoms with Gasteiger partial charge in [0, 0.05) is 12.6 Å². The summed E-state index contributed by atoms with van der Waals surface area (Å²) in [6.07, 6.45) is 0.673. The second kappa shape index (κ2) is 5.29. The number of ether oxygens (including phenoxy) is 1. The van der Waals surface area contributed by atoms with Crippen molar-refractivity contribution < 1.29 is 17.9 Å². The van der Waals surface area contributed by atoms with E-state index in [2.05, 4.69) is 14.8 Å². The highest BCUT2D eigenvalue weighted by molar-refractivity contribution is 7.88. The van der Waals surface area contributed by atoms with Crippen LogP contribution < -0.4 is 14.8 Å². The molecule has 1 fully saturated rings. The van der Waals surface area contributed by atoms with Gasteiger partial charge in [-0.2, -0.15) is 13.1 Å². The van der Waals surface area contributed by atoms with Gasteiger partial charge in [0.1, 0.15) is 0 Å². The van der Waals surface area contributed by atoms with Crippen molar-refractivity contribution in [3.63, 3.8) is 0 Å². The summed E-state index contributed by atoms with van der Waals surface area (Å²) in [6.45, 7) is 1.46. The minimum atomic E-state index is -3.81. The van der Waals surface area contributed by atoms with Crippen LogP contribution in [0.5, 0.6) is 0 Å². The molecule has 0 saturated carbocycles. The number of rotatable bonds is 3. The Hall–Kier alpha value is -0.860. The molecule has 1 rings (SSSR count). The van der Waals surface area contributed by atoms with Crippen LogP contribution in [0.3, 0.4) is 0 Å². The maximum atomic E-state index is 11.3. The molecule has 0 aliphatic carbocycles. The van der Waals surface area contributed by atoms with Crippen molar-refractivity contribution in [1.82, 2.24) is 14.8 Å². The van der Waals surface area contributed by atoms with E-state index in [0.717, 1.165) is 26.5 Å². The average molecular weight is 237 g/mol. The highest BCUT2D eigenvalue weighted by atomic mass is 32.2. The zero-order valence-corrected chi connectivity index (χ0v) is 9.26. The molecular weight excluding hydrogens is 222 g/mol. The molecular formula is C7H15N3O4S. The molecule has 1 atom stereocenters. The molecule has 0 spiro atoms. The molecule has 0 aromatic carbocycles. The average Bonchev–Trinajstić information content (AvgIpc) is 2.17. The minimum absolute atomic E-state index is 0.180. The SMILES string of the molecule is COC(=O)NS(=O)(=O)N[C@@H]1CCCNC1. The first kappa shape index (κ1) is 12.2. The number of hydrogen-bond donors (Lipinski definition) is 3. The van der Waals surface area contributed by atoms with Crippen molar-refractivity contribution in [2.45, 2.75) is 18.9 Å². The van der Waals surface area contributed by atoms with E-state index in [4.69, 9.17) is 0 Å². The molecule has 7 nitrogen and oxygen atoms in total. The monoisotopic (exact) mass is 237 g/mol. The molecule has 0 aromatic rings. The Morgan fingerprint density at radius 2 is 2.27 bits per heavy atom. The predicted molar refractivity (Wildman–Crippen MR) is 53.5 cm³/mol. The number of carbonyl (C=O) groups excluding carboxylic acids is 1. The first-order chi connectivity index (χ1) is 7.03. The molecule has 1 saturated heterocycles. The predicted octanol–water partition coefficient (Wildman–Crippen LogP) is -1.07. The van der Waals surface area contributed by atoms with E-state index in [9.17, 15) is 13.2 Å². The van der Waals surface area contributed by atoms with Crippen LogP contribution >= 0.6 is 0 Å². The lowest BCUT2D eigenvalue weighted by molar-refractivity contribution is 0.177. The summed E-state index contributed by atoms with van der Waals surface area (Å²) in [4.78, 5) is 10.7. The van der Waals surface area contributed by atoms with Gasteiger partial charge in [-0.25, -0.2) is 9.52 Å². The highest BCUT2D eigenvalue weighted by Gasteiger charge is 2.21. The number of nitrogens with one attached hydrogen (secondary N) is 3. The zero-order chi connectivity index (χ0) is 11.3. The van der Waals surface area contributed by atoms with E-state index < -0.39 is 16.3 Å². The normalized spacial score (nSPS) is 22.1. The summed E-state index contributed by atoms with van der Waals surface area (Å²) in [6, 6.07) is -0.180. The van der Waals surface area contributed by atoms with E-state index in [1.54, 1.807) is 4.72 Å². The highest BCUT2D eigenvalue weighted by Crippen LogP contribution is 2.01. The van der Waals surface area contributed by atoms with Gasteiger partial charge >= 0.3 is 16.3 Å². The quantitative estimate of drug-likeness (QED) is 0.580. The molecule has 8 heteroatoms. The van der Waals surface area contributed by atoms with Gasteiger partial charge < -0.3 is 10.1 Å². The van der Waals surface area contributed by atoms with Gasteiger partial charge in [-0.05, 0) is 19.4 Å². The lowest BCUT2D eigenvalue weighted by Crippen LogP contribution is -2.50. The van der Waals surface area contributed by atoms with Crippen LogP contribution in [0.4, 0.5) is 4.79 Å². The number of methoxy groups -OCH3 is 1. The minimum Gasteiger partial charge on any atom is -0.452 e. The first-order valence-corrected chi connectivity index (χ1v) is 6.10.